The van der Waals surface area contributed by atoms with E-state index in [1.807, 2.05) is 0 Å². The lowest BCUT2D eigenvalue weighted by atomic mass is 10.3. The van der Waals surface area contributed by atoms with Gasteiger partial charge in [0.1, 0.15) is 0 Å². The van der Waals surface area contributed by atoms with Gasteiger partial charge >= 0.3 is 0 Å². The van der Waals surface area contributed by atoms with Crippen LogP contribution < -0.4 is 9.47 Å². The Bertz CT molecular complexity index is 315. The second kappa shape index (κ2) is 3.63. The molecule has 1 heterocycles. The van der Waals surface area contributed by atoms with Gasteiger partial charge in [-0.3, -0.25) is 0 Å². The maximum absolute atomic E-state index is 5.21. The molecule has 0 amide bonds. The molecule has 62 valence electrons. The van der Waals surface area contributed by atoms with Crippen molar-refractivity contribution in [3.63, 3.8) is 0 Å². The Kier molecular flexibility index (Phi) is 2.54. The Morgan fingerprint density at radius 1 is 1.33 bits per heavy atom. The summed E-state index contributed by atoms with van der Waals surface area (Å²) < 4.78 is 9.84. The summed E-state index contributed by atoms with van der Waals surface area (Å²) in [4.78, 5) is 3.99. The van der Waals surface area contributed by atoms with Gasteiger partial charge in [-0.05, 0) is 6.07 Å². The summed E-state index contributed by atoms with van der Waals surface area (Å²) in [6.07, 6.45) is 5.21. The van der Waals surface area contributed by atoms with E-state index in [0.717, 1.165) is 0 Å². The van der Waals surface area contributed by atoms with Crippen LogP contribution in [0.2, 0.25) is 0 Å². The number of hydrogen-bond acceptors (Lipinski definition) is 3. The van der Waals surface area contributed by atoms with E-state index in [-0.39, 0.29) is 0 Å². The van der Waals surface area contributed by atoms with Crippen molar-refractivity contribution in [2.45, 2.75) is 0 Å². The van der Waals surface area contributed by atoms with Gasteiger partial charge in [-0.1, -0.05) is 5.92 Å². The highest BCUT2D eigenvalue weighted by atomic mass is 16.5. The summed E-state index contributed by atoms with van der Waals surface area (Å²) in [7, 11) is 3.06. The van der Waals surface area contributed by atoms with Crippen LogP contribution in [0.4, 0.5) is 0 Å². The third-order valence-electron chi connectivity index (χ3n) is 1.39. The first-order valence-corrected chi connectivity index (χ1v) is 3.37. The minimum Gasteiger partial charge on any atom is -0.481 e. The van der Waals surface area contributed by atoms with Gasteiger partial charge in [-0.2, -0.15) is 4.98 Å². The summed E-state index contributed by atoms with van der Waals surface area (Å²) in [5, 5.41) is 0. The van der Waals surface area contributed by atoms with E-state index >= 15 is 0 Å². The van der Waals surface area contributed by atoms with E-state index in [1.54, 1.807) is 12.1 Å². The van der Waals surface area contributed by atoms with Crippen molar-refractivity contribution in [3.8, 4) is 24.1 Å². The molecule has 0 N–H and O–H groups in total. The lowest BCUT2D eigenvalue weighted by Crippen LogP contribution is -1.94. The Morgan fingerprint density at radius 2 is 2.08 bits per heavy atom. The van der Waals surface area contributed by atoms with E-state index in [0.29, 0.717) is 17.3 Å². The van der Waals surface area contributed by atoms with Crippen LogP contribution in [-0.4, -0.2) is 19.2 Å². The second-order valence-electron chi connectivity index (χ2n) is 2.05. The molecule has 3 nitrogen and oxygen atoms in total. The molecule has 1 aromatic heterocycles. The number of pyridine rings is 1. The molecule has 0 aliphatic rings. The van der Waals surface area contributed by atoms with Crippen LogP contribution in [0.3, 0.4) is 0 Å². The summed E-state index contributed by atoms with van der Waals surface area (Å²) in [5.41, 5.74) is 0.623. The lowest BCUT2D eigenvalue weighted by molar-refractivity contribution is 0.364. The Labute approximate surface area is 71.3 Å². The van der Waals surface area contributed by atoms with Crippen molar-refractivity contribution in [1.29, 1.82) is 0 Å². The van der Waals surface area contributed by atoms with Gasteiger partial charge in [0.2, 0.25) is 11.8 Å². The summed E-state index contributed by atoms with van der Waals surface area (Å²) in [6.45, 7) is 0. The SMILES string of the molecule is C#Cc1ccc(OC)nc1OC. The number of hydrogen-bond donors (Lipinski definition) is 0. The third-order valence-corrected chi connectivity index (χ3v) is 1.39. The number of methoxy groups -OCH3 is 2. The van der Waals surface area contributed by atoms with Crippen LogP contribution >= 0.6 is 0 Å². The predicted octanol–water partition coefficient (Wildman–Crippen LogP) is 1.08. The minimum absolute atomic E-state index is 0.414. The van der Waals surface area contributed by atoms with Crippen molar-refractivity contribution >= 4 is 0 Å². The van der Waals surface area contributed by atoms with Crippen LogP contribution in [-0.2, 0) is 0 Å². The smallest absolute Gasteiger partial charge is 0.232 e. The molecular weight excluding hydrogens is 154 g/mol. The average Bonchev–Trinajstić information content (AvgIpc) is 2.16. The van der Waals surface area contributed by atoms with Crippen molar-refractivity contribution < 1.29 is 9.47 Å². The van der Waals surface area contributed by atoms with E-state index in [9.17, 15) is 0 Å². The highest BCUT2D eigenvalue weighted by Gasteiger charge is 2.02. The van der Waals surface area contributed by atoms with Crippen molar-refractivity contribution in [1.82, 2.24) is 4.98 Å². The average molecular weight is 163 g/mol. The fourth-order valence-corrected chi connectivity index (χ4v) is 0.803. The van der Waals surface area contributed by atoms with Gasteiger partial charge in [0.25, 0.3) is 0 Å². The Hall–Kier alpha value is -1.69. The Balaban J connectivity index is 3.13. The van der Waals surface area contributed by atoms with E-state index in [1.165, 1.54) is 14.2 Å². The molecule has 0 saturated carbocycles. The molecule has 0 unspecified atom stereocenters. The molecule has 0 aliphatic carbocycles. The molecule has 1 aromatic rings. The summed E-state index contributed by atoms with van der Waals surface area (Å²) >= 11 is 0. The maximum atomic E-state index is 5.21. The van der Waals surface area contributed by atoms with Gasteiger partial charge in [-0.25, -0.2) is 0 Å². The molecule has 12 heavy (non-hydrogen) atoms. The number of nitrogens with zero attached hydrogens (tertiary/aromatic N) is 1. The van der Waals surface area contributed by atoms with Gasteiger partial charge in [0, 0.05) is 6.07 Å². The summed E-state index contributed by atoms with van der Waals surface area (Å²) in [5.74, 6) is 3.36. The highest BCUT2D eigenvalue weighted by Crippen LogP contribution is 2.17. The second-order valence-corrected chi connectivity index (χ2v) is 2.05. The predicted molar refractivity (Wildman–Crippen MR) is 45.3 cm³/mol. The van der Waals surface area contributed by atoms with Crippen molar-refractivity contribution in [3.05, 3.63) is 17.7 Å². The number of aromatic nitrogens is 1. The van der Waals surface area contributed by atoms with Crippen LogP contribution in [0.1, 0.15) is 5.56 Å². The molecule has 3 heteroatoms. The first-order valence-electron chi connectivity index (χ1n) is 3.37. The molecule has 0 fully saturated rings. The zero-order valence-electron chi connectivity index (χ0n) is 7.00. The monoisotopic (exact) mass is 163 g/mol. The topological polar surface area (TPSA) is 31.4 Å². The highest BCUT2D eigenvalue weighted by molar-refractivity contribution is 5.42. The largest absolute Gasteiger partial charge is 0.481 e. The fraction of sp³-hybridized carbons (Fsp3) is 0.222. The fourth-order valence-electron chi connectivity index (χ4n) is 0.803. The molecule has 0 aromatic carbocycles. The van der Waals surface area contributed by atoms with Crippen LogP contribution in [0, 0.1) is 12.3 Å². The first-order chi connectivity index (χ1) is 5.81. The van der Waals surface area contributed by atoms with Gasteiger partial charge in [0.15, 0.2) is 0 Å². The number of terminal acetylenes is 1. The molecule has 0 radical (unpaired) electrons. The van der Waals surface area contributed by atoms with Crippen LogP contribution in [0.5, 0.6) is 11.8 Å². The standard InChI is InChI=1S/C9H9NO2/c1-4-7-5-6-8(11-2)10-9(7)12-3/h1,5-6H,2-3H3. The van der Waals surface area contributed by atoms with E-state index in [4.69, 9.17) is 15.9 Å². The molecule has 0 aliphatic heterocycles. The lowest BCUT2D eigenvalue weighted by Gasteiger charge is -2.03. The zero-order valence-corrected chi connectivity index (χ0v) is 7.00. The molecule has 0 atom stereocenters. The van der Waals surface area contributed by atoms with Crippen LogP contribution in [0.15, 0.2) is 12.1 Å². The Morgan fingerprint density at radius 3 is 2.58 bits per heavy atom. The molecule has 0 spiro atoms. The summed E-state index contributed by atoms with van der Waals surface area (Å²) in [6, 6.07) is 3.42. The van der Waals surface area contributed by atoms with Crippen LogP contribution in [0.25, 0.3) is 0 Å². The van der Waals surface area contributed by atoms with Gasteiger partial charge < -0.3 is 9.47 Å². The van der Waals surface area contributed by atoms with Crippen molar-refractivity contribution in [2.24, 2.45) is 0 Å². The molecule has 0 bridgehead atoms. The first kappa shape index (κ1) is 8.41. The minimum atomic E-state index is 0.414. The van der Waals surface area contributed by atoms with E-state index in [2.05, 4.69) is 10.9 Å². The molecular formula is C9H9NO2. The quantitative estimate of drug-likeness (QED) is 0.611. The maximum Gasteiger partial charge on any atom is 0.232 e. The van der Waals surface area contributed by atoms with Gasteiger partial charge in [0.05, 0.1) is 19.8 Å². The third kappa shape index (κ3) is 1.48. The van der Waals surface area contributed by atoms with Gasteiger partial charge in [-0.15, -0.1) is 6.42 Å². The van der Waals surface area contributed by atoms with E-state index < -0.39 is 0 Å². The zero-order chi connectivity index (χ0) is 8.97. The number of rotatable bonds is 2. The number of ether oxygens (including phenoxy) is 2. The van der Waals surface area contributed by atoms with Crippen molar-refractivity contribution in [2.75, 3.05) is 14.2 Å². The normalized spacial score (nSPS) is 8.75. The molecule has 0 saturated heterocycles. The molecule has 1 rings (SSSR count).